The molecule has 3 unspecified atom stereocenters. The number of allylic oxidation sites excluding steroid dienone is 4. The van der Waals surface area contributed by atoms with Gasteiger partial charge in [-0.1, -0.05) is 53.2 Å². The second kappa shape index (κ2) is 6.69. The van der Waals surface area contributed by atoms with E-state index in [0.717, 1.165) is 44.9 Å². The van der Waals surface area contributed by atoms with Gasteiger partial charge in [-0.05, 0) is 79.6 Å². The van der Waals surface area contributed by atoms with E-state index in [0.29, 0.717) is 0 Å². The van der Waals surface area contributed by atoms with Crippen LogP contribution in [-0.4, -0.2) is 17.1 Å². The molecular formula is C29H40N2O2. The fraction of sp³-hybridized carbons (Fsp3) is 0.759. The van der Waals surface area contributed by atoms with Crippen LogP contribution in [-0.2, 0) is 9.59 Å². The third-order valence-corrected chi connectivity index (χ3v) is 11.1. The molecule has 0 bridgehead atoms. The van der Waals surface area contributed by atoms with Crippen LogP contribution < -0.4 is 5.73 Å². The Labute approximate surface area is 199 Å². The predicted molar refractivity (Wildman–Crippen MR) is 129 cm³/mol. The summed E-state index contributed by atoms with van der Waals surface area (Å²) < 4.78 is 0. The van der Waals surface area contributed by atoms with E-state index in [4.69, 9.17) is 5.73 Å². The first-order valence-electron chi connectivity index (χ1n) is 12.9. The van der Waals surface area contributed by atoms with Crippen LogP contribution in [0.15, 0.2) is 23.3 Å². The summed E-state index contributed by atoms with van der Waals surface area (Å²) >= 11 is 0. The first-order chi connectivity index (χ1) is 15.2. The maximum atomic E-state index is 13.9. The van der Waals surface area contributed by atoms with Gasteiger partial charge in [0.05, 0.1) is 5.57 Å². The summed E-state index contributed by atoms with van der Waals surface area (Å²) in [4.78, 5) is 27.0. The molecule has 5 rings (SSSR count). The molecule has 0 saturated heterocycles. The van der Waals surface area contributed by atoms with Crippen LogP contribution in [0.4, 0.5) is 0 Å². The minimum atomic E-state index is -0.608. The Morgan fingerprint density at radius 2 is 1.67 bits per heavy atom. The molecule has 0 spiro atoms. The van der Waals surface area contributed by atoms with Crippen LogP contribution in [0.5, 0.6) is 0 Å². The van der Waals surface area contributed by atoms with Crippen molar-refractivity contribution in [3.63, 3.8) is 0 Å². The molecule has 7 atom stereocenters. The van der Waals surface area contributed by atoms with E-state index < -0.39 is 10.8 Å². The molecule has 5 aliphatic rings. The fourth-order valence-electron chi connectivity index (χ4n) is 9.32. The van der Waals surface area contributed by atoms with Crippen LogP contribution in [0.25, 0.3) is 0 Å². The molecule has 5 aliphatic carbocycles. The van der Waals surface area contributed by atoms with Crippen molar-refractivity contribution in [3.05, 3.63) is 23.3 Å². The van der Waals surface area contributed by atoms with Gasteiger partial charge in [-0.2, -0.15) is 5.26 Å². The SMILES string of the molecule is CC1(C)CC[C@]2(N)CCC3C(C(=O)C=C4[C@@]3(C)CC[C@H]3C(C)(C)C(=O)C(C#N)=C[C@]43C)C2C1. The van der Waals surface area contributed by atoms with Crippen LogP contribution in [0.2, 0.25) is 0 Å². The lowest BCUT2D eigenvalue weighted by Crippen LogP contribution is -2.64. The van der Waals surface area contributed by atoms with Gasteiger partial charge in [0.2, 0.25) is 0 Å². The minimum Gasteiger partial charge on any atom is -0.325 e. The molecule has 3 fully saturated rings. The summed E-state index contributed by atoms with van der Waals surface area (Å²) in [6.07, 6.45) is 11.0. The summed E-state index contributed by atoms with van der Waals surface area (Å²) in [5, 5.41) is 9.77. The Morgan fingerprint density at radius 1 is 0.970 bits per heavy atom. The van der Waals surface area contributed by atoms with Crippen molar-refractivity contribution in [2.75, 3.05) is 0 Å². The Hall–Kier alpha value is -1.73. The maximum absolute atomic E-state index is 13.9. The Kier molecular flexibility index (Phi) is 4.67. The normalized spacial score (nSPS) is 47.7. The van der Waals surface area contributed by atoms with Crippen molar-refractivity contribution >= 4 is 11.6 Å². The zero-order valence-corrected chi connectivity index (χ0v) is 21.3. The van der Waals surface area contributed by atoms with E-state index in [1.807, 2.05) is 26.0 Å². The number of carbonyl (C=O) groups excluding carboxylic acids is 2. The lowest BCUT2D eigenvalue weighted by molar-refractivity contribution is -0.140. The number of nitrogens with zero attached hydrogens (tertiary/aromatic N) is 1. The first kappa shape index (κ1) is 23.0. The number of ketones is 2. The summed E-state index contributed by atoms with van der Waals surface area (Å²) in [6, 6.07) is 2.18. The molecule has 2 N–H and O–H groups in total. The third-order valence-electron chi connectivity index (χ3n) is 11.1. The smallest absolute Gasteiger partial charge is 0.178 e. The van der Waals surface area contributed by atoms with E-state index in [-0.39, 0.29) is 57.2 Å². The molecule has 3 saturated carbocycles. The van der Waals surface area contributed by atoms with Gasteiger partial charge < -0.3 is 5.73 Å². The Bertz CT molecular complexity index is 1040. The van der Waals surface area contributed by atoms with Crippen molar-refractivity contribution in [1.82, 2.24) is 0 Å². The highest BCUT2D eigenvalue weighted by atomic mass is 16.1. The molecule has 0 aromatic carbocycles. The monoisotopic (exact) mass is 448 g/mol. The van der Waals surface area contributed by atoms with Crippen molar-refractivity contribution in [2.45, 2.75) is 92.0 Å². The van der Waals surface area contributed by atoms with E-state index in [1.54, 1.807) is 0 Å². The molecule has 0 amide bonds. The predicted octanol–water partition coefficient (Wildman–Crippen LogP) is 5.53. The lowest BCUT2D eigenvalue weighted by Gasteiger charge is -2.64. The lowest BCUT2D eigenvalue weighted by atomic mass is 9.39. The van der Waals surface area contributed by atoms with Gasteiger partial charge in [-0.25, -0.2) is 0 Å². The van der Waals surface area contributed by atoms with Gasteiger partial charge in [0.15, 0.2) is 11.6 Å². The molecule has 0 aromatic heterocycles. The molecule has 0 aromatic rings. The zero-order valence-electron chi connectivity index (χ0n) is 21.3. The number of fused-ring (bicyclic) bond motifs is 7. The van der Waals surface area contributed by atoms with Crippen molar-refractivity contribution < 1.29 is 9.59 Å². The van der Waals surface area contributed by atoms with Crippen LogP contribution in [0, 0.1) is 56.7 Å². The number of Topliss-reactive ketones (excluding diaryl/α,β-unsaturated/α-hetero) is 1. The average Bonchev–Trinajstić information content (AvgIpc) is 2.72. The molecular weight excluding hydrogens is 408 g/mol. The van der Waals surface area contributed by atoms with Crippen molar-refractivity contribution in [3.8, 4) is 6.07 Å². The van der Waals surface area contributed by atoms with E-state index in [2.05, 4.69) is 33.8 Å². The Morgan fingerprint density at radius 3 is 2.33 bits per heavy atom. The van der Waals surface area contributed by atoms with E-state index >= 15 is 0 Å². The molecule has 4 heteroatoms. The molecule has 33 heavy (non-hydrogen) atoms. The standard InChI is InChI=1S/C29H40N2O2/c1-25(2)11-12-29(31)10-7-18-23(19(29)15-25)20(32)13-22-27(18,5)9-8-21-26(3,4)24(33)17(16-30)14-28(21,22)6/h13-14,18-19,21,23H,7-12,15,31H2,1-6H3/t18?,19?,21-,23?,27-,28-,29+/m0/s1. The number of rotatable bonds is 0. The molecule has 0 aliphatic heterocycles. The second-order valence-electron chi connectivity index (χ2n) is 13.9. The van der Waals surface area contributed by atoms with Crippen molar-refractivity contribution in [1.29, 1.82) is 5.26 Å². The van der Waals surface area contributed by atoms with Crippen LogP contribution >= 0.6 is 0 Å². The van der Waals surface area contributed by atoms with Crippen LogP contribution in [0.3, 0.4) is 0 Å². The fourth-order valence-corrected chi connectivity index (χ4v) is 9.32. The highest BCUT2D eigenvalue weighted by Crippen LogP contribution is 2.69. The second-order valence-corrected chi connectivity index (χ2v) is 13.9. The number of nitrogens with two attached hydrogens (primary N) is 1. The minimum absolute atomic E-state index is 0.00475. The largest absolute Gasteiger partial charge is 0.325 e. The van der Waals surface area contributed by atoms with Gasteiger partial charge >= 0.3 is 0 Å². The zero-order chi connectivity index (χ0) is 24.2. The van der Waals surface area contributed by atoms with Crippen LogP contribution in [0.1, 0.15) is 86.5 Å². The molecule has 0 radical (unpaired) electrons. The average molecular weight is 449 g/mol. The highest BCUT2D eigenvalue weighted by Gasteiger charge is 2.65. The maximum Gasteiger partial charge on any atom is 0.178 e. The number of nitriles is 1. The summed E-state index contributed by atoms with van der Waals surface area (Å²) in [5.74, 6) is 0.819. The summed E-state index contributed by atoms with van der Waals surface area (Å²) in [7, 11) is 0. The number of carbonyl (C=O) groups is 2. The van der Waals surface area contributed by atoms with E-state index in [9.17, 15) is 14.9 Å². The molecule has 178 valence electrons. The van der Waals surface area contributed by atoms with Gasteiger partial charge in [0, 0.05) is 22.3 Å². The van der Waals surface area contributed by atoms with E-state index in [1.165, 1.54) is 5.57 Å². The number of hydrogen-bond acceptors (Lipinski definition) is 4. The molecule has 0 heterocycles. The quantitative estimate of drug-likeness (QED) is 0.528. The van der Waals surface area contributed by atoms with Gasteiger partial charge in [-0.3, -0.25) is 9.59 Å². The summed E-state index contributed by atoms with van der Waals surface area (Å²) in [5.41, 5.74) is 7.32. The topological polar surface area (TPSA) is 84.0 Å². The first-order valence-corrected chi connectivity index (χ1v) is 12.9. The highest BCUT2D eigenvalue weighted by molar-refractivity contribution is 6.04. The molecule has 4 nitrogen and oxygen atoms in total. The van der Waals surface area contributed by atoms with Gasteiger partial charge in [-0.15, -0.1) is 0 Å². The third kappa shape index (κ3) is 2.90. The Balaban J connectivity index is 1.65. The van der Waals surface area contributed by atoms with Gasteiger partial charge in [0.1, 0.15) is 6.07 Å². The van der Waals surface area contributed by atoms with Crippen molar-refractivity contribution in [2.24, 2.45) is 51.1 Å². The number of hydrogen-bond donors (Lipinski definition) is 1. The summed E-state index contributed by atoms with van der Waals surface area (Å²) in [6.45, 7) is 13.2. The van der Waals surface area contributed by atoms with Gasteiger partial charge in [0.25, 0.3) is 0 Å².